The summed E-state index contributed by atoms with van der Waals surface area (Å²) in [7, 11) is 1.51. The molecule has 2 amide bonds. The SMILES string of the molecule is COc1ncccc1C(=O)N1CCN(CC(=O)N2CCc3ccccc32)CC1. The number of hydrogen-bond donors (Lipinski definition) is 0. The molecule has 4 rings (SSSR count). The number of fused-ring (bicyclic) bond motifs is 1. The van der Waals surface area contributed by atoms with Crippen molar-refractivity contribution in [3.05, 3.63) is 53.7 Å². The fraction of sp³-hybridized carbons (Fsp3) is 0.381. The molecule has 1 aromatic carbocycles. The van der Waals surface area contributed by atoms with Crippen LogP contribution in [0.1, 0.15) is 15.9 Å². The maximum Gasteiger partial charge on any atom is 0.259 e. The highest BCUT2D eigenvalue weighted by atomic mass is 16.5. The molecule has 0 aliphatic carbocycles. The van der Waals surface area contributed by atoms with Crippen LogP contribution in [0.4, 0.5) is 5.69 Å². The molecule has 0 spiro atoms. The molecule has 3 heterocycles. The van der Waals surface area contributed by atoms with Gasteiger partial charge in [-0.25, -0.2) is 4.98 Å². The monoisotopic (exact) mass is 380 g/mol. The van der Waals surface area contributed by atoms with E-state index in [0.717, 1.165) is 18.7 Å². The van der Waals surface area contributed by atoms with Gasteiger partial charge in [0.1, 0.15) is 5.56 Å². The molecular formula is C21H24N4O3. The second-order valence-electron chi connectivity index (χ2n) is 7.05. The van der Waals surface area contributed by atoms with Gasteiger partial charge < -0.3 is 14.5 Å². The molecule has 2 aliphatic rings. The number of carbonyl (C=O) groups excluding carboxylic acids is 2. The van der Waals surface area contributed by atoms with E-state index in [-0.39, 0.29) is 11.8 Å². The number of piperazine rings is 1. The summed E-state index contributed by atoms with van der Waals surface area (Å²) in [6.45, 7) is 3.65. The molecule has 0 radical (unpaired) electrons. The Labute approximate surface area is 164 Å². The number of carbonyl (C=O) groups is 2. The minimum absolute atomic E-state index is 0.0793. The summed E-state index contributed by atoms with van der Waals surface area (Å²) in [5.41, 5.74) is 2.74. The van der Waals surface area contributed by atoms with Gasteiger partial charge in [-0.05, 0) is 30.2 Å². The van der Waals surface area contributed by atoms with Gasteiger partial charge in [0.2, 0.25) is 11.8 Å². The minimum Gasteiger partial charge on any atom is -0.480 e. The van der Waals surface area contributed by atoms with E-state index in [9.17, 15) is 9.59 Å². The van der Waals surface area contributed by atoms with Gasteiger partial charge in [0.15, 0.2) is 0 Å². The molecular weight excluding hydrogens is 356 g/mol. The van der Waals surface area contributed by atoms with E-state index >= 15 is 0 Å². The summed E-state index contributed by atoms with van der Waals surface area (Å²) in [5.74, 6) is 0.390. The highest BCUT2D eigenvalue weighted by Gasteiger charge is 2.29. The van der Waals surface area contributed by atoms with Crippen LogP contribution < -0.4 is 9.64 Å². The summed E-state index contributed by atoms with van der Waals surface area (Å²) >= 11 is 0. The molecule has 0 bridgehead atoms. The molecule has 1 aromatic heterocycles. The highest BCUT2D eigenvalue weighted by molar-refractivity contribution is 5.97. The third-order valence-electron chi connectivity index (χ3n) is 5.40. The van der Waals surface area contributed by atoms with E-state index in [4.69, 9.17) is 4.74 Å². The summed E-state index contributed by atoms with van der Waals surface area (Å²) in [6, 6.07) is 11.5. The Bertz CT molecular complexity index is 877. The maximum absolute atomic E-state index is 12.8. The van der Waals surface area contributed by atoms with Crippen molar-refractivity contribution >= 4 is 17.5 Å². The van der Waals surface area contributed by atoms with Crippen molar-refractivity contribution in [3.63, 3.8) is 0 Å². The van der Waals surface area contributed by atoms with Gasteiger partial charge in [-0.15, -0.1) is 0 Å². The maximum atomic E-state index is 12.8. The summed E-state index contributed by atoms with van der Waals surface area (Å²) < 4.78 is 5.20. The fourth-order valence-corrected chi connectivity index (χ4v) is 3.87. The lowest BCUT2D eigenvalue weighted by atomic mass is 10.2. The van der Waals surface area contributed by atoms with E-state index in [0.29, 0.717) is 44.2 Å². The van der Waals surface area contributed by atoms with Gasteiger partial charge in [0.25, 0.3) is 5.91 Å². The van der Waals surface area contributed by atoms with Crippen LogP contribution in [0.15, 0.2) is 42.6 Å². The van der Waals surface area contributed by atoms with Gasteiger partial charge in [-0.3, -0.25) is 14.5 Å². The molecule has 0 unspecified atom stereocenters. The normalized spacial score (nSPS) is 16.8. The van der Waals surface area contributed by atoms with Crippen LogP contribution in [-0.2, 0) is 11.2 Å². The highest BCUT2D eigenvalue weighted by Crippen LogP contribution is 2.27. The lowest BCUT2D eigenvalue weighted by molar-refractivity contribution is -0.120. The van der Waals surface area contributed by atoms with Crippen LogP contribution >= 0.6 is 0 Å². The van der Waals surface area contributed by atoms with Crippen molar-refractivity contribution in [1.29, 1.82) is 0 Å². The number of aromatic nitrogens is 1. The molecule has 7 nitrogen and oxygen atoms in total. The topological polar surface area (TPSA) is 66.0 Å². The van der Waals surface area contributed by atoms with E-state index in [2.05, 4.69) is 16.0 Å². The Morgan fingerprint density at radius 2 is 1.82 bits per heavy atom. The van der Waals surface area contributed by atoms with Gasteiger partial charge in [-0.2, -0.15) is 0 Å². The standard InChI is InChI=1S/C21H24N4O3/c1-28-20-17(6-4-9-22-20)21(27)24-13-11-23(12-14-24)15-19(26)25-10-8-16-5-2-3-7-18(16)25/h2-7,9H,8,10-15H2,1H3. The molecule has 0 N–H and O–H groups in total. The molecule has 0 atom stereocenters. The van der Waals surface area contributed by atoms with E-state index < -0.39 is 0 Å². The van der Waals surface area contributed by atoms with Crippen molar-refractivity contribution < 1.29 is 14.3 Å². The number of ether oxygens (including phenoxy) is 1. The zero-order chi connectivity index (χ0) is 19.5. The molecule has 1 fully saturated rings. The van der Waals surface area contributed by atoms with Crippen LogP contribution in [0, 0.1) is 0 Å². The third kappa shape index (κ3) is 3.57. The van der Waals surface area contributed by atoms with Crippen molar-refractivity contribution in [1.82, 2.24) is 14.8 Å². The molecule has 28 heavy (non-hydrogen) atoms. The number of pyridine rings is 1. The quantitative estimate of drug-likeness (QED) is 0.803. The van der Waals surface area contributed by atoms with Crippen LogP contribution in [0.3, 0.4) is 0 Å². The number of benzene rings is 1. The smallest absolute Gasteiger partial charge is 0.259 e. The number of para-hydroxylation sites is 1. The zero-order valence-corrected chi connectivity index (χ0v) is 16.0. The average Bonchev–Trinajstić information content (AvgIpc) is 3.18. The summed E-state index contributed by atoms with van der Waals surface area (Å²) in [5, 5.41) is 0. The van der Waals surface area contributed by atoms with E-state index in [1.54, 1.807) is 23.2 Å². The lowest BCUT2D eigenvalue weighted by Gasteiger charge is -2.35. The van der Waals surface area contributed by atoms with Crippen molar-refractivity contribution in [2.24, 2.45) is 0 Å². The lowest BCUT2D eigenvalue weighted by Crippen LogP contribution is -2.51. The predicted molar refractivity (Wildman–Crippen MR) is 106 cm³/mol. The Kier molecular flexibility index (Phi) is 5.25. The molecule has 1 saturated heterocycles. The van der Waals surface area contributed by atoms with E-state index in [1.165, 1.54) is 12.7 Å². The minimum atomic E-state index is -0.0793. The van der Waals surface area contributed by atoms with Gasteiger partial charge in [0.05, 0.1) is 13.7 Å². The fourth-order valence-electron chi connectivity index (χ4n) is 3.87. The van der Waals surface area contributed by atoms with Crippen molar-refractivity contribution in [2.75, 3.05) is 51.3 Å². The molecule has 0 saturated carbocycles. The van der Waals surface area contributed by atoms with Crippen molar-refractivity contribution in [3.8, 4) is 5.88 Å². The van der Waals surface area contributed by atoms with Crippen molar-refractivity contribution in [2.45, 2.75) is 6.42 Å². The Balaban J connectivity index is 1.33. The summed E-state index contributed by atoms with van der Waals surface area (Å²) in [4.78, 5) is 35.4. The second kappa shape index (κ2) is 7.98. The molecule has 146 valence electrons. The van der Waals surface area contributed by atoms with Crippen LogP contribution in [-0.4, -0.2) is 73.0 Å². The van der Waals surface area contributed by atoms with Gasteiger partial charge >= 0.3 is 0 Å². The molecule has 7 heteroatoms. The Morgan fingerprint density at radius 3 is 2.61 bits per heavy atom. The first kappa shape index (κ1) is 18.4. The van der Waals surface area contributed by atoms with Crippen LogP contribution in [0.2, 0.25) is 0 Å². The predicted octanol–water partition coefficient (Wildman–Crippen LogP) is 1.44. The van der Waals surface area contributed by atoms with E-state index in [1.807, 2.05) is 23.1 Å². The molecule has 2 aromatic rings. The Morgan fingerprint density at radius 1 is 1.04 bits per heavy atom. The first-order valence-electron chi connectivity index (χ1n) is 9.56. The Hall–Kier alpha value is -2.93. The number of hydrogen-bond acceptors (Lipinski definition) is 5. The first-order valence-corrected chi connectivity index (χ1v) is 9.56. The molecule has 2 aliphatic heterocycles. The number of anilines is 1. The number of amides is 2. The largest absolute Gasteiger partial charge is 0.480 e. The first-order chi connectivity index (χ1) is 13.7. The average molecular weight is 380 g/mol. The van der Waals surface area contributed by atoms with Gasteiger partial charge in [0, 0.05) is 44.6 Å². The third-order valence-corrected chi connectivity index (χ3v) is 5.40. The second-order valence-corrected chi connectivity index (χ2v) is 7.05. The van der Waals surface area contributed by atoms with Crippen LogP contribution in [0.25, 0.3) is 0 Å². The van der Waals surface area contributed by atoms with Gasteiger partial charge in [-0.1, -0.05) is 18.2 Å². The zero-order valence-electron chi connectivity index (χ0n) is 16.0. The number of methoxy groups -OCH3 is 1. The summed E-state index contributed by atoms with van der Waals surface area (Å²) in [6.07, 6.45) is 2.52. The number of nitrogens with zero attached hydrogens (tertiary/aromatic N) is 4. The van der Waals surface area contributed by atoms with Crippen LogP contribution in [0.5, 0.6) is 5.88 Å². The number of rotatable bonds is 4.